The fraction of sp³-hybridized carbons (Fsp3) is 0.318. The molecule has 29 heavy (non-hydrogen) atoms. The third-order valence-corrected chi connectivity index (χ3v) is 5.52. The van der Waals surface area contributed by atoms with Crippen LogP contribution in [-0.2, 0) is 9.53 Å². The average molecular weight is 435 g/mol. The Hall–Kier alpha value is -2.05. The molecule has 7 heteroatoms. The average Bonchev–Trinajstić information content (AvgIpc) is 2.75. The maximum absolute atomic E-state index is 12.4. The van der Waals surface area contributed by atoms with Gasteiger partial charge >= 0.3 is 0 Å². The minimum atomic E-state index is -0.201. The summed E-state index contributed by atoms with van der Waals surface area (Å²) < 4.78 is 10.7. The molecule has 1 heterocycles. The van der Waals surface area contributed by atoms with E-state index in [1.807, 2.05) is 24.3 Å². The quantitative estimate of drug-likeness (QED) is 0.663. The number of carbonyl (C=O) groups excluding carboxylic acids is 1. The first-order valence-electron chi connectivity index (χ1n) is 9.44. The fourth-order valence-electron chi connectivity index (χ4n) is 3.26. The second-order valence-corrected chi connectivity index (χ2v) is 7.47. The van der Waals surface area contributed by atoms with E-state index in [0.717, 1.165) is 24.4 Å². The van der Waals surface area contributed by atoms with Gasteiger partial charge in [-0.05, 0) is 35.9 Å². The SMILES string of the molecule is COc1ccc(C(CNC(=O)/C=C/c2c(Cl)cccc2Cl)N2CCOCC2)cc1. The molecule has 1 fully saturated rings. The minimum Gasteiger partial charge on any atom is -0.497 e. The molecule has 2 aromatic rings. The Balaban J connectivity index is 1.68. The lowest BCUT2D eigenvalue weighted by Crippen LogP contribution is -2.43. The lowest BCUT2D eigenvalue weighted by Gasteiger charge is -2.34. The van der Waals surface area contributed by atoms with Crippen molar-refractivity contribution in [3.63, 3.8) is 0 Å². The molecule has 1 N–H and O–H groups in total. The van der Waals surface area contributed by atoms with Crippen LogP contribution in [0.15, 0.2) is 48.5 Å². The van der Waals surface area contributed by atoms with Crippen LogP contribution in [0.2, 0.25) is 10.0 Å². The predicted octanol–water partition coefficient (Wildman–Crippen LogP) is 4.20. The zero-order valence-electron chi connectivity index (χ0n) is 16.2. The molecule has 1 aliphatic heterocycles. The molecule has 1 amide bonds. The van der Waals surface area contributed by atoms with Gasteiger partial charge in [-0.2, -0.15) is 0 Å². The second-order valence-electron chi connectivity index (χ2n) is 6.65. The van der Waals surface area contributed by atoms with E-state index in [-0.39, 0.29) is 11.9 Å². The highest BCUT2D eigenvalue weighted by Gasteiger charge is 2.23. The Morgan fingerprint density at radius 1 is 1.17 bits per heavy atom. The topological polar surface area (TPSA) is 50.8 Å². The second kappa shape index (κ2) is 10.6. The van der Waals surface area contributed by atoms with Crippen molar-refractivity contribution in [1.29, 1.82) is 0 Å². The molecule has 0 aliphatic carbocycles. The number of hydrogen-bond acceptors (Lipinski definition) is 4. The molecule has 0 saturated carbocycles. The Morgan fingerprint density at radius 2 is 1.83 bits per heavy atom. The van der Waals surface area contributed by atoms with Crippen LogP contribution < -0.4 is 10.1 Å². The number of rotatable bonds is 7. The van der Waals surface area contributed by atoms with Crippen LogP contribution in [0.3, 0.4) is 0 Å². The minimum absolute atomic E-state index is 0.0473. The van der Waals surface area contributed by atoms with Crippen molar-refractivity contribution in [3.8, 4) is 5.75 Å². The van der Waals surface area contributed by atoms with Gasteiger partial charge in [0.1, 0.15) is 5.75 Å². The Bertz CT molecular complexity index is 829. The summed E-state index contributed by atoms with van der Waals surface area (Å²) in [6, 6.07) is 13.2. The molecular formula is C22H24Cl2N2O3. The highest BCUT2D eigenvalue weighted by atomic mass is 35.5. The Kier molecular flexibility index (Phi) is 7.95. The molecule has 0 bridgehead atoms. The van der Waals surface area contributed by atoms with Crippen LogP contribution >= 0.6 is 23.2 Å². The number of ether oxygens (including phenoxy) is 2. The molecular weight excluding hydrogens is 411 g/mol. The van der Waals surface area contributed by atoms with Gasteiger partial charge in [-0.25, -0.2) is 0 Å². The van der Waals surface area contributed by atoms with E-state index in [1.165, 1.54) is 6.08 Å². The van der Waals surface area contributed by atoms with Crippen molar-refractivity contribution in [2.24, 2.45) is 0 Å². The summed E-state index contributed by atoms with van der Waals surface area (Å²) in [6.07, 6.45) is 3.09. The molecule has 1 aliphatic rings. The van der Waals surface area contributed by atoms with Crippen LogP contribution in [0, 0.1) is 0 Å². The number of halogens is 2. The number of methoxy groups -OCH3 is 1. The first-order chi connectivity index (χ1) is 14.1. The first kappa shape index (κ1) is 21.7. The van der Waals surface area contributed by atoms with Gasteiger partial charge in [-0.1, -0.05) is 41.4 Å². The zero-order valence-corrected chi connectivity index (χ0v) is 17.7. The Labute approximate surface area is 181 Å². The molecule has 154 valence electrons. The van der Waals surface area contributed by atoms with E-state index in [9.17, 15) is 4.79 Å². The summed E-state index contributed by atoms with van der Waals surface area (Å²) in [5, 5.41) is 4.00. The van der Waals surface area contributed by atoms with Crippen LogP contribution in [-0.4, -0.2) is 50.8 Å². The normalized spacial score (nSPS) is 16.0. The lowest BCUT2D eigenvalue weighted by molar-refractivity contribution is -0.116. The number of nitrogens with zero attached hydrogens (tertiary/aromatic N) is 1. The fourth-order valence-corrected chi connectivity index (χ4v) is 3.78. The summed E-state index contributed by atoms with van der Waals surface area (Å²) in [6.45, 7) is 3.48. The van der Waals surface area contributed by atoms with E-state index in [1.54, 1.807) is 31.4 Å². The van der Waals surface area contributed by atoms with Gasteiger partial charge in [-0.15, -0.1) is 0 Å². The van der Waals surface area contributed by atoms with Gasteiger partial charge in [0.2, 0.25) is 5.91 Å². The van der Waals surface area contributed by atoms with Crippen molar-refractivity contribution in [2.45, 2.75) is 6.04 Å². The van der Waals surface area contributed by atoms with Gasteiger partial charge in [-0.3, -0.25) is 9.69 Å². The maximum atomic E-state index is 12.4. The summed E-state index contributed by atoms with van der Waals surface area (Å²) in [4.78, 5) is 14.7. The smallest absolute Gasteiger partial charge is 0.244 e. The van der Waals surface area contributed by atoms with Crippen LogP contribution in [0.1, 0.15) is 17.2 Å². The van der Waals surface area contributed by atoms with Crippen molar-refractivity contribution in [3.05, 3.63) is 69.7 Å². The third-order valence-electron chi connectivity index (χ3n) is 4.86. The van der Waals surface area contributed by atoms with Crippen molar-refractivity contribution >= 4 is 35.2 Å². The van der Waals surface area contributed by atoms with Crippen LogP contribution in [0.4, 0.5) is 0 Å². The molecule has 0 radical (unpaired) electrons. The number of nitrogens with one attached hydrogen (secondary N) is 1. The third kappa shape index (κ3) is 5.97. The van der Waals surface area contributed by atoms with Gasteiger partial charge in [0.25, 0.3) is 0 Å². The summed E-state index contributed by atoms with van der Waals surface area (Å²) in [5.41, 5.74) is 1.75. The van der Waals surface area contributed by atoms with E-state index < -0.39 is 0 Å². The van der Waals surface area contributed by atoms with Gasteiger partial charge in [0, 0.05) is 41.3 Å². The molecule has 0 aromatic heterocycles. The van der Waals surface area contributed by atoms with Crippen molar-refractivity contribution in [2.75, 3.05) is 40.0 Å². The maximum Gasteiger partial charge on any atom is 0.244 e. The van der Waals surface area contributed by atoms with E-state index in [4.69, 9.17) is 32.7 Å². The number of benzene rings is 2. The van der Waals surface area contributed by atoms with Gasteiger partial charge < -0.3 is 14.8 Å². The Morgan fingerprint density at radius 3 is 2.45 bits per heavy atom. The van der Waals surface area contributed by atoms with Crippen LogP contribution in [0.5, 0.6) is 5.75 Å². The van der Waals surface area contributed by atoms with E-state index in [0.29, 0.717) is 35.4 Å². The first-order valence-corrected chi connectivity index (χ1v) is 10.2. The lowest BCUT2D eigenvalue weighted by atomic mass is 10.0. The highest BCUT2D eigenvalue weighted by Crippen LogP contribution is 2.26. The predicted molar refractivity (Wildman–Crippen MR) is 117 cm³/mol. The monoisotopic (exact) mass is 434 g/mol. The molecule has 0 spiro atoms. The van der Waals surface area contributed by atoms with Crippen molar-refractivity contribution < 1.29 is 14.3 Å². The summed E-state index contributed by atoms with van der Waals surface area (Å²) in [7, 11) is 1.65. The number of morpholine rings is 1. The number of carbonyl (C=O) groups is 1. The van der Waals surface area contributed by atoms with Crippen LogP contribution in [0.25, 0.3) is 6.08 Å². The standard InChI is InChI=1S/C22H24Cl2N2O3/c1-28-17-7-5-16(6-8-17)21(26-11-13-29-14-12-26)15-25-22(27)10-9-18-19(23)3-2-4-20(18)24/h2-10,21H,11-15H2,1H3,(H,25,27)/b10-9+. The zero-order chi connectivity index (χ0) is 20.6. The largest absolute Gasteiger partial charge is 0.497 e. The number of hydrogen-bond donors (Lipinski definition) is 1. The summed E-state index contributed by atoms with van der Waals surface area (Å²) >= 11 is 12.3. The van der Waals surface area contributed by atoms with E-state index in [2.05, 4.69) is 10.2 Å². The highest BCUT2D eigenvalue weighted by molar-refractivity contribution is 6.37. The molecule has 3 rings (SSSR count). The molecule has 1 unspecified atom stereocenters. The molecule has 1 saturated heterocycles. The van der Waals surface area contributed by atoms with Gasteiger partial charge in [0.15, 0.2) is 0 Å². The van der Waals surface area contributed by atoms with Crippen molar-refractivity contribution in [1.82, 2.24) is 10.2 Å². The number of amides is 1. The van der Waals surface area contributed by atoms with Gasteiger partial charge in [0.05, 0.1) is 26.4 Å². The molecule has 2 aromatic carbocycles. The molecule has 1 atom stereocenters. The molecule has 5 nitrogen and oxygen atoms in total. The van der Waals surface area contributed by atoms with E-state index >= 15 is 0 Å². The summed E-state index contributed by atoms with van der Waals surface area (Å²) in [5.74, 6) is 0.603.